The van der Waals surface area contributed by atoms with Crippen LogP contribution in [0.3, 0.4) is 0 Å². The van der Waals surface area contributed by atoms with Gasteiger partial charge in [-0.1, -0.05) is 32.0 Å². The van der Waals surface area contributed by atoms with E-state index in [1.54, 1.807) is 24.3 Å². The molecule has 23 heavy (non-hydrogen) atoms. The first-order chi connectivity index (χ1) is 11.0. The van der Waals surface area contributed by atoms with Crippen LogP contribution in [0.2, 0.25) is 0 Å². The van der Waals surface area contributed by atoms with Crippen LogP contribution in [0.25, 0.3) is 0 Å². The molecule has 2 rings (SSSR count). The number of hydrogen-bond donors (Lipinski definition) is 1. The number of amides is 1. The van der Waals surface area contributed by atoms with Gasteiger partial charge in [-0.25, -0.2) is 0 Å². The number of nitrogens with one attached hydrogen (secondary N) is 1. The van der Waals surface area contributed by atoms with E-state index < -0.39 is 0 Å². The zero-order valence-electron chi connectivity index (χ0n) is 13.6. The summed E-state index contributed by atoms with van der Waals surface area (Å²) in [6.07, 6.45) is 0. The van der Waals surface area contributed by atoms with Crippen molar-refractivity contribution in [3.05, 3.63) is 59.2 Å². The summed E-state index contributed by atoms with van der Waals surface area (Å²) in [6.45, 7) is 6.10. The highest BCUT2D eigenvalue weighted by atomic mass is 16.5. The Labute approximate surface area is 136 Å². The molecule has 0 saturated carbocycles. The van der Waals surface area contributed by atoms with Crippen molar-refractivity contribution in [3.8, 4) is 11.8 Å². The Morgan fingerprint density at radius 1 is 1.26 bits per heavy atom. The molecule has 1 amide bonds. The largest absolute Gasteiger partial charge is 0.483 e. The molecule has 0 spiro atoms. The van der Waals surface area contributed by atoms with Gasteiger partial charge in [0.2, 0.25) is 0 Å². The lowest BCUT2D eigenvalue weighted by Gasteiger charge is -2.14. The summed E-state index contributed by atoms with van der Waals surface area (Å²) in [5.74, 6) is 0.804. The molecule has 0 aromatic heterocycles. The molecule has 0 aliphatic carbocycles. The fourth-order valence-electron chi connectivity index (χ4n) is 2.25. The number of benzene rings is 2. The number of rotatable bonds is 5. The third-order valence-electron chi connectivity index (χ3n) is 3.43. The number of carbonyl (C=O) groups is 1. The Bertz CT molecular complexity index is 745. The summed E-state index contributed by atoms with van der Waals surface area (Å²) in [7, 11) is 0. The van der Waals surface area contributed by atoms with Crippen LogP contribution >= 0.6 is 0 Å². The van der Waals surface area contributed by atoms with Gasteiger partial charge >= 0.3 is 0 Å². The van der Waals surface area contributed by atoms with Gasteiger partial charge < -0.3 is 10.1 Å². The zero-order chi connectivity index (χ0) is 16.8. The summed E-state index contributed by atoms with van der Waals surface area (Å²) in [5, 5.41) is 11.6. The molecule has 0 bridgehead atoms. The van der Waals surface area contributed by atoms with E-state index >= 15 is 0 Å². The molecule has 0 unspecified atom stereocenters. The van der Waals surface area contributed by atoms with E-state index in [4.69, 9.17) is 10.00 Å². The number of nitrogens with zero attached hydrogens (tertiary/aromatic N) is 1. The third-order valence-corrected chi connectivity index (χ3v) is 3.43. The quantitative estimate of drug-likeness (QED) is 0.908. The second-order valence-corrected chi connectivity index (χ2v) is 5.73. The maximum atomic E-state index is 12.0. The highest BCUT2D eigenvalue weighted by Gasteiger charge is 2.10. The smallest absolute Gasteiger partial charge is 0.262 e. The van der Waals surface area contributed by atoms with E-state index in [2.05, 4.69) is 19.2 Å². The molecule has 2 aromatic rings. The van der Waals surface area contributed by atoms with Crippen LogP contribution in [0, 0.1) is 18.3 Å². The first-order valence-electron chi connectivity index (χ1n) is 7.53. The summed E-state index contributed by atoms with van der Waals surface area (Å²) in [4.78, 5) is 12.0. The molecular formula is C19H20N2O2. The molecular weight excluding hydrogens is 288 g/mol. The first-order valence-corrected chi connectivity index (χ1v) is 7.53. The average Bonchev–Trinajstić information content (AvgIpc) is 2.53. The Hall–Kier alpha value is -2.80. The van der Waals surface area contributed by atoms with Gasteiger partial charge in [-0.2, -0.15) is 5.26 Å². The van der Waals surface area contributed by atoms with Gasteiger partial charge in [0, 0.05) is 5.69 Å². The predicted molar refractivity (Wildman–Crippen MR) is 90.5 cm³/mol. The van der Waals surface area contributed by atoms with Gasteiger partial charge in [-0.3, -0.25) is 4.79 Å². The fourth-order valence-corrected chi connectivity index (χ4v) is 2.25. The van der Waals surface area contributed by atoms with Crippen LogP contribution in [-0.4, -0.2) is 12.5 Å². The van der Waals surface area contributed by atoms with E-state index in [9.17, 15) is 4.79 Å². The SMILES string of the molecule is Cc1ccc(C(C)C)c(OCC(=O)Nc2cccc(C#N)c2)c1. The van der Waals surface area contributed by atoms with Crippen molar-refractivity contribution in [3.63, 3.8) is 0 Å². The van der Waals surface area contributed by atoms with Crippen molar-refractivity contribution in [1.29, 1.82) is 5.26 Å². The molecule has 0 aliphatic heterocycles. The number of aryl methyl sites for hydroxylation is 1. The zero-order valence-corrected chi connectivity index (χ0v) is 13.6. The van der Waals surface area contributed by atoms with Crippen molar-refractivity contribution in [2.24, 2.45) is 0 Å². The molecule has 0 fully saturated rings. The molecule has 0 radical (unpaired) electrons. The van der Waals surface area contributed by atoms with Gasteiger partial charge in [0.15, 0.2) is 6.61 Å². The number of anilines is 1. The minimum atomic E-state index is -0.253. The highest BCUT2D eigenvalue weighted by Crippen LogP contribution is 2.27. The van der Waals surface area contributed by atoms with Crippen molar-refractivity contribution >= 4 is 11.6 Å². The van der Waals surface area contributed by atoms with Gasteiger partial charge in [0.05, 0.1) is 11.6 Å². The molecule has 4 heteroatoms. The molecule has 1 N–H and O–H groups in total. The topological polar surface area (TPSA) is 62.1 Å². The van der Waals surface area contributed by atoms with Crippen LogP contribution < -0.4 is 10.1 Å². The van der Waals surface area contributed by atoms with E-state index in [-0.39, 0.29) is 12.5 Å². The maximum absolute atomic E-state index is 12.0. The number of nitriles is 1. The summed E-state index contributed by atoms with van der Waals surface area (Å²) < 4.78 is 5.69. The monoisotopic (exact) mass is 308 g/mol. The second-order valence-electron chi connectivity index (χ2n) is 5.73. The first kappa shape index (κ1) is 16.6. The number of ether oxygens (including phenoxy) is 1. The minimum Gasteiger partial charge on any atom is -0.483 e. The van der Waals surface area contributed by atoms with Crippen molar-refractivity contribution < 1.29 is 9.53 Å². The second kappa shape index (κ2) is 7.46. The highest BCUT2D eigenvalue weighted by molar-refractivity contribution is 5.92. The van der Waals surface area contributed by atoms with Gasteiger partial charge in [-0.15, -0.1) is 0 Å². The predicted octanol–water partition coefficient (Wildman–Crippen LogP) is 4.01. The van der Waals surface area contributed by atoms with Crippen LogP contribution in [0.4, 0.5) is 5.69 Å². The Morgan fingerprint density at radius 3 is 2.74 bits per heavy atom. The van der Waals surface area contributed by atoms with Crippen molar-refractivity contribution in [1.82, 2.24) is 0 Å². The van der Waals surface area contributed by atoms with E-state index in [0.717, 1.165) is 16.9 Å². The van der Waals surface area contributed by atoms with E-state index in [1.807, 2.05) is 31.2 Å². The van der Waals surface area contributed by atoms with Gasteiger partial charge in [0.1, 0.15) is 5.75 Å². The van der Waals surface area contributed by atoms with E-state index in [1.165, 1.54) is 0 Å². The van der Waals surface area contributed by atoms with Crippen molar-refractivity contribution in [2.75, 3.05) is 11.9 Å². The molecule has 0 atom stereocenters. The Morgan fingerprint density at radius 2 is 2.04 bits per heavy atom. The molecule has 0 saturated heterocycles. The number of hydrogen-bond acceptors (Lipinski definition) is 3. The van der Waals surface area contributed by atoms with Gasteiger partial charge in [0.25, 0.3) is 5.91 Å². The van der Waals surface area contributed by atoms with Gasteiger partial charge in [-0.05, 0) is 48.2 Å². The van der Waals surface area contributed by atoms with Crippen LogP contribution in [0.15, 0.2) is 42.5 Å². The third kappa shape index (κ3) is 4.58. The molecule has 0 aliphatic rings. The molecule has 2 aromatic carbocycles. The number of carbonyl (C=O) groups excluding carboxylic acids is 1. The lowest BCUT2D eigenvalue weighted by molar-refractivity contribution is -0.118. The van der Waals surface area contributed by atoms with Crippen molar-refractivity contribution in [2.45, 2.75) is 26.7 Å². The molecule has 0 heterocycles. The fraction of sp³-hybridized carbons (Fsp3) is 0.263. The standard InChI is InChI=1S/C19H20N2O2/c1-13(2)17-8-7-14(3)9-18(17)23-12-19(22)21-16-6-4-5-15(10-16)11-20/h4-10,13H,12H2,1-3H3,(H,21,22). The minimum absolute atomic E-state index is 0.0695. The molecule has 4 nitrogen and oxygen atoms in total. The lowest BCUT2D eigenvalue weighted by Crippen LogP contribution is -2.20. The Kier molecular flexibility index (Phi) is 5.37. The molecule has 118 valence electrons. The summed E-state index contributed by atoms with van der Waals surface area (Å²) in [6, 6.07) is 14.8. The maximum Gasteiger partial charge on any atom is 0.262 e. The Balaban J connectivity index is 2.02. The normalized spacial score (nSPS) is 10.2. The van der Waals surface area contributed by atoms with Crippen LogP contribution in [-0.2, 0) is 4.79 Å². The van der Waals surface area contributed by atoms with Crippen LogP contribution in [0.1, 0.15) is 36.5 Å². The summed E-state index contributed by atoms with van der Waals surface area (Å²) >= 11 is 0. The van der Waals surface area contributed by atoms with E-state index in [0.29, 0.717) is 17.2 Å². The lowest BCUT2D eigenvalue weighted by atomic mass is 10.0. The van der Waals surface area contributed by atoms with Crippen LogP contribution in [0.5, 0.6) is 5.75 Å². The summed E-state index contributed by atoms with van der Waals surface area (Å²) in [5.41, 5.74) is 3.26. The average molecular weight is 308 g/mol.